The van der Waals surface area contributed by atoms with Gasteiger partial charge in [-0.05, 0) is 57.4 Å². The number of hydrogen-bond donors (Lipinski definition) is 1. The lowest BCUT2D eigenvalue weighted by molar-refractivity contribution is -0.137. The molecule has 0 unspecified atom stereocenters. The van der Waals surface area contributed by atoms with Gasteiger partial charge in [-0.1, -0.05) is 6.07 Å². The third kappa shape index (κ3) is 4.28. The number of alkyl halides is 3. The lowest BCUT2D eigenvalue weighted by atomic mass is 9.78. The Kier molecular flexibility index (Phi) is 5.21. The molecule has 1 fully saturated rings. The molecule has 0 spiro atoms. The minimum absolute atomic E-state index is 0.334. The maximum atomic E-state index is 14.5. The first-order chi connectivity index (χ1) is 13.3. The molecule has 0 saturated carbocycles. The van der Waals surface area contributed by atoms with Crippen molar-refractivity contribution in [2.75, 3.05) is 5.32 Å². The minimum Gasteiger partial charge on any atom is -0.399 e. The van der Waals surface area contributed by atoms with Gasteiger partial charge < -0.3 is 14.6 Å². The summed E-state index contributed by atoms with van der Waals surface area (Å²) in [5.41, 5.74) is -2.16. The Balaban J connectivity index is 1.78. The van der Waals surface area contributed by atoms with Crippen molar-refractivity contribution in [3.05, 3.63) is 53.5 Å². The quantitative estimate of drug-likeness (QED) is 0.618. The van der Waals surface area contributed by atoms with Crippen LogP contribution >= 0.6 is 0 Å². The van der Waals surface area contributed by atoms with Crippen LogP contribution in [0.1, 0.15) is 43.6 Å². The third-order valence-corrected chi connectivity index (χ3v) is 5.09. The van der Waals surface area contributed by atoms with Crippen molar-refractivity contribution in [1.82, 2.24) is 4.98 Å². The Labute approximate surface area is 165 Å². The largest absolute Gasteiger partial charge is 0.494 e. The zero-order valence-corrected chi connectivity index (χ0v) is 16.2. The molecule has 10 heteroatoms. The van der Waals surface area contributed by atoms with E-state index in [1.807, 2.05) is 27.7 Å². The smallest absolute Gasteiger partial charge is 0.399 e. The second kappa shape index (κ2) is 7.10. The standard InChI is InChI=1S/C19H19BF4N2O3/c1-17(2)18(3,4)29-20(28-17)12-5-6-13(14(21)10-12)16(27)26-15-9-11(7-8-25-15)19(22,23)24/h5-10H,1-4H3,(H,25,26,27). The van der Waals surface area contributed by atoms with Gasteiger partial charge in [0, 0.05) is 6.20 Å². The average molecular weight is 410 g/mol. The summed E-state index contributed by atoms with van der Waals surface area (Å²) in [6.45, 7) is 7.42. The number of amides is 1. The molecule has 29 heavy (non-hydrogen) atoms. The number of carbonyl (C=O) groups is 1. The molecule has 154 valence electrons. The van der Waals surface area contributed by atoms with Crippen molar-refractivity contribution in [2.45, 2.75) is 45.1 Å². The van der Waals surface area contributed by atoms with Gasteiger partial charge in [0.1, 0.15) is 11.6 Å². The zero-order chi connectivity index (χ0) is 21.6. The summed E-state index contributed by atoms with van der Waals surface area (Å²) < 4.78 is 64.5. The second-order valence-corrected chi connectivity index (χ2v) is 7.71. The van der Waals surface area contributed by atoms with Gasteiger partial charge in [0.2, 0.25) is 0 Å². The number of carbonyl (C=O) groups excluding carboxylic acids is 1. The first-order valence-electron chi connectivity index (χ1n) is 8.80. The number of pyridine rings is 1. The van der Waals surface area contributed by atoms with E-state index < -0.39 is 41.8 Å². The number of rotatable bonds is 3. The molecule has 1 aromatic carbocycles. The molecule has 2 aromatic rings. The molecule has 1 aliphatic heterocycles. The molecule has 5 nitrogen and oxygen atoms in total. The Morgan fingerprint density at radius 2 is 1.69 bits per heavy atom. The molecule has 1 saturated heterocycles. The molecule has 1 aliphatic rings. The van der Waals surface area contributed by atoms with Gasteiger partial charge in [0.15, 0.2) is 0 Å². The SMILES string of the molecule is CC1(C)OB(c2ccc(C(=O)Nc3cc(C(F)(F)F)ccn3)c(F)c2)OC1(C)C. The first-order valence-corrected chi connectivity index (χ1v) is 8.80. The van der Waals surface area contributed by atoms with Crippen molar-refractivity contribution in [2.24, 2.45) is 0 Å². The number of nitrogens with zero attached hydrogens (tertiary/aromatic N) is 1. The average Bonchev–Trinajstić information content (AvgIpc) is 2.82. The van der Waals surface area contributed by atoms with Crippen LogP contribution in [0.25, 0.3) is 0 Å². The van der Waals surface area contributed by atoms with E-state index in [2.05, 4.69) is 10.3 Å². The summed E-state index contributed by atoms with van der Waals surface area (Å²) in [5, 5.41) is 2.17. The highest BCUT2D eigenvalue weighted by Gasteiger charge is 2.51. The molecule has 1 aromatic heterocycles. The predicted octanol–water partition coefficient (Wildman–Crippen LogP) is 3.79. The highest BCUT2D eigenvalue weighted by Crippen LogP contribution is 2.36. The van der Waals surface area contributed by atoms with Gasteiger partial charge in [-0.25, -0.2) is 9.37 Å². The lowest BCUT2D eigenvalue weighted by Crippen LogP contribution is -2.41. The third-order valence-electron chi connectivity index (χ3n) is 5.09. The maximum Gasteiger partial charge on any atom is 0.494 e. The summed E-state index contributed by atoms with van der Waals surface area (Å²) in [6.07, 6.45) is -3.67. The number of hydrogen-bond acceptors (Lipinski definition) is 4. The fourth-order valence-corrected chi connectivity index (χ4v) is 2.70. The van der Waals surface area contributed by atoms with Crippen molar-refractivity contribution in [1.29, 1.82) is 0 Å². The summed E-state index contributed by atoms with van der Waals surface area (Å²) in [7, 11) is -0.809. The highest BCUT2D eigenvalue weighted by molar-refractivity contribution is 6.62. The molecular formula is C19H19BF4N2O3. The number of benzene rings is 1. The molecule has 0 atom stereocenters. The first kappa shape index (κ1) is 21.3. The lowest BCUT2D eigenvalue weighted by Gasteiger charge is -2.32. The van der Waals surface area contributed by atoms with Crippen LogP contribution in [0.15, 0.2) is 36.5 Å². The molecule has 3 rings (SSSR count). The van der Waals surface area contributed by atoms with E-state index in [1.165, 1.54) is 12.1 Å². The van der Waals surface area contributed by atoms with Gasteiger partial charge in [-0.3, -0.25) is 4.79 Å². The molecule has 0 radical (unpaired) electrons. The molecule has 2 heterocycles. The van der Waals surface area contributed by atoms with Crippen molar-refractivity contribution in [3.8, 4) is 0 Å². The number of nitrogens with one attached hydrogen (secondary N) is 1. The Morgan fingerprint density at radius 1 is 1.07 bits per heavy atom. The summed E-state index contributed by atoms with van der Waals surface area (Å²) in [5.74, 6) is -2.12. The molecular weight excluding hydrogens is 391 g/mol. The molecule has 1 amide bonds. The van der Waals surface area contributed by atoms with E-state index in [0.29, 0.717) is 11.5 Å². The Hall–Kier alpha value is -2.46. The van der Waals surface area contributed by atoms with E-state index in [9.17, 15) is 22.4 Å². The van der Waals surface area contributed by atoms with Crippen LogP contribution in [0, 0.1) is 5.82 Å². The number of aromatic nitrogens is 1. The minimum atomic E-state index is -4.59. The van der Waals surface area contributed by atoms with Crippen LogP contribution in [-0.2, 0) is 15.5 Å². The van der Waals surface area contributed by atoms with Gasteiger partial charge in [-0.2, -0.15) is 13.2 Å². The maximum absolute atomic E-state index is 14.5. The monoisotopic (exact) mass is 410 g/mol. The van der Waals surface area contributed by atoms with Crippen LogP contribution in [0.3, 0.4) is 0 Å². The van der Waals surface area contributed by atoms with Crippen molar-refractivity contribution in [3.63, 3.8) is 0 Å². The summed E-state index contributed by atoms with van der Waals surface area (Å²) in [6, 6.07) is 5.25. The van der Waals surface area contributed by atoms with Crippen molar-refractivity contribution < 1.29 is 31.7 Å². The topological polar surface area (TPSA) is 60.5 Å². The second-order valence-electron chi connectivity index (χ2n) is 7.71. The van der Waals surface area contributed by atoms with Crippen LogP contribution in [-0.4, -0.2) is 29.2 Å². The molecule has 0 aliphatic carbocycles. The van der Waals surface area contributed by atoms with Crippen LogP contribution in [0.2, 0.25) is 0 Å². The van der Waals surface area contributed by atoms with E-state index in [-0.39, 0.29) is 11.4 Å². The fourth-order valence-electron chi connectivity index (χ4n) is 2.70. The van der Waals surface area contributed by atoms with Crippen LogP contribution in [0.4, 0.5) is 23.4 Å². The van der Waals surface area contributed by atoms with E-state index in [1.54, 1.807) is 0 Å². The Morgan fingerprint density at radius 3 is 2.24 bits per heavy atom. The predicted molar refractivity (Wildman–Crippen MR) is 99.3 cm³/mol. The summed E-state index contributed by atoms with van der Waals surface area (Å²) >= 11 is 0. The molecule has 1 N–H and O–H groups in total. The Bertz CT molecular complexity index is 931. The zero-order valence-electron chi connectivity index (χ0n) is 16.2. The normalized spacial score (nSPS) is 18.0. The van der Waals surface area contributed by atoms with Gasteiger partial charge in [0.25, 0.3) is 5.91 Å². The van der Waals surface area contributed by atoms with E-state index in [4.69, 9.17) is 9.31 Å². The van der Waals surface area contributed by atoms with Gasteiger partial charge in [0.05, 0.1) is 22.3 Å². The van der Waals surface area contributed by atoms with Crippen molar-refractivity contribution >= 4 is 24.3 Å². The van der Waals surface area contributed by atoms with Gasteiger partial charge >= 0.3 is 13.3 Å². The molecule has 0 bridgehead atoms. The fraction of sp³-hybridized carbons (Fsp3) is 0.368. The van der Waals surface area contributed by atoms with E-state index >= 15 is 0 Å². The van der Waals surface area contributed by atoms with E-state index in [0.717, 1.165) is 18.3 Å². The summed E-state index contributed by atoms with van der Waals surface area (Å²) in [4.78, 5) is 16.0. The number of anilines is 1. The van der Waals surface area contributed by atoms with Crippen LogP contribution < -0.4 is 10.8 Å². The van der Waals surface area contributed by atoms with Gasteiger partial charge in [-0.15, -0.1) is 0 Å². The number of halogens is 4. The van der Waals surface area contributed by atoms with Crippen LogP contribution in [0.5, 0.6) is 0 Å². The highest BCUT2D eigenvalue weighted by atomic mass is 19.4.